The van der Waals surface area contributed by atoms with E-state index in [1.54, 1.807) is 12.3 Å². The van der Waals surface area contributed by atoms with Crippen LogP contribution in [-0.2, 0) is 6.54 Å². The molecule has 132 valence electrons. The van der Waals surface area contributed by atoms with Gasteiger partial charge < -0.3 is 9.55 Å². The zero-order chi connectivity index (χ0) is 18.5. The number of aryl methyl sites for hydroxylation is 1. The molecule has 0 spiro atoms. The summed E-state index contributed by atoms with van der Waals surface area (Å²) in [6.07, 6.45) is 1.61. The molecule has 27 heavy (non-hydrogen) atoms. The summed E-state index contributed by atoms with van der Waals surface area (Å²) in [6.45, 7) is 2.77. The molecule has 0 aliphatic carbocycles. The molecule has 0 bridgehead atoms. The quantitative estimate of drug-likeness (QED) is 0.459. The van der Waals surface area contributed by atoms with Crippen LogP contribution in [0.3, 0.4) is 0 Å². The number of aromatic amines is 1. The Balaban J connectivity index is 2.08. The molecule has 2 heterocycles. The molecule has 0 aliphatic rings. The molecule has 1 N–H and O–H groups in total. The van der Waals surface area contributed by atoms with Crippen molar-refractivity contribution in [3.8, 4) is 11.4 Å². The molecule has 0 saturated heterocycles. The highest BCUT2D eigenvalue weighted by atomic mass is 19.1. The van der Waals surface area contributed by atoms with Crippen molar-refractivity contribution in [2.45, 2.75) is 13.5 Å². The Morgan fingerprint density at radius 1 is 1.04 bits per heavy atom. The lowest BCUT2D eigenvalue weighted by molar-refractivity contribution is 0.630. The van der Waals surface area contributed by atoms with E-state index in [1.165, 1.54) is 12.1 Å². The van der Waals surface area contributed by atoms with Gasteiger partial charge in [-0.05, 0) is 31.2 Å². The van der Waals surface area contributed by atoms with Crippen LogP contribution in [0.5, 0.6) is 0 Å². The molecule has 0 unspecified atom stereocenters. The summed E-state index contributed by atoms with van der Waals surface area (Å²) in [6, 6.07) is 16.4. The van der Waals surface area contributed by atoms with Crippen LogP contribution in [0.25, 0.3) is 44.0 Å². The molecular formula is C22H16FN3O. The number of imidazole rings is 1. The molecule has 0 radical (unpaired) electrons. The molecule has 2 aromatic heterocycles. The number of aromatic nitrogens is 3. The molecule has 0 aliphatic heterocycles. The third kappa shape index (κ3) is 2.21. The van der Waals surface area contributed by atoms with Gasteiger partial charge in [0.25, 0.3) is 5.56 Å². The van der Waals surface area contributed by atoms with Crippen LogP contribution in [0.2, 0.25) is 0 Å². The van der Waals surface area contributed by atoms with Gasteiger partial charge in [-0.15, -0.1) is 0 Å². The first-order chi connectivity index (χ1) is 13.2. The van der Waals surface area contributed by atoms with Crippen LogP contribution in [0.15, 0.2) is 65.6 Å². The minimum atomic E-state index is -0.364. The van der Waals surface area contributed by atoms with E-state index in [1.807, 2.05) is 36.4 Å². The zero-order valence-corrected chi connectivity index (χ0v) is 14.7. The fourth-order valence-corrected chi connectivity index (χ4v) is 3.90. The lowest BCUT2D eigenvalue weighted by Crippen LogP contribution is -2.06. The van der Waals surface area contributed by atoms with Gasteiger partial charge >= 0.3 is 0 Å². The third-order valence-corrected chi connectivity index (χ3v) is 5.04. The maximum Gasteiger partial charge on any atom is 0.256 e. The fourth-order valence-electron chi connectivity index (χ4n) is 3.90. The molecule has 0 atom stereocenters. The summed E-state index contributed by atoms with van der Waals surface area (Å²) >= 11 is 0. The Hall–Kier alpha value is -3.47. The van der Waals surface area contributed by atoms with Gasteiger partial charge in [0, 0.05) is 34.5 Å². The van der Waals surface area contributed by atoms with Crippen molar-refractivity contribution in [2.75, 3.05) is 0 Å². The van der Waals surface area contributed by atoms with Crippen LogP contribution in [0.4, 0.5) is 4.39 Å². The largest absolute Gasteiger partial charge is 0.329 e. The van der Waals surface area contributed by atoms with Gasteiger partial charge in [0.15, 0.2) is 0 Å². The standard InChI is InChI=1S/C22H16FN3O/c1-2-26-20-15-9-8-14(23)12-17(15)18-16(10-11-24-22(18)27)19(20)25-21(26)13-6-4-3-5-7-13/h3-12H,2H2,1H3,(H,24,27). The predicted molar refractivity (Wildman–Crippen MR) is 106 cm³/mol. The lowest BCUT2D eigenvalue weighted by atomic mass is 10.0. The summed E-state index contributed by atoms with van der Waals surface area (Å²) in [5, 5.41) is 2.64. The van der Waals surface area contributed by atoms with Crippen molar-refractivity contribution in [2.24, 2.45) is 0 Å². The van der Waals surface area contributed by atoms with Gasteiger partial charge in [0.05, 0.1) is 16.4 Å². The number of hydrogen-bond acceptors (Lipinski definition) is 2. The molecule has 4 nitrogen and oxygen atoms in total. The van der Waals surface area contributed by atoms with Crippen molar-refractivity contribution in [1.82, 2.24) is 14.5 Å². The monoisotopic (exact) mass is 357 g/mol. The zero-order valence-electron chi connectivity index (χ0n) is 14.7. The van der Waals surface area contributed by atoms with Crippen LogP contribution >= 0.6 is 0 Å². The Kier molecular flexibility index (Phi) is 3.37. The Morgan fingerprint density at radius 3 is 2.63 bits per heavy atom. The SMILES string of the molecule is CCn1c(-c2ccccc2)nc2c3cc[nH]c(=O)c3c3cc(F)ccc3c21. The second-order valence-corrected chi connectivity index (χ2v) is 6.53. The van der Waals surface area contributed by atoms with Gasteiger partial charge in [0.1, 0.15) is 11.6 Å². The molecule has 0 saturated carbocycles. The van der Waals surface area contributed by atoms with Crippen molar-refractivity contribution < 1.29 is 4.39 Å². The maximum absolute atomic E-state index is 14.0. The summed E-state index contributed by atoms with van der Waals surface area (Å²) in [7, 11) is 0. The summed E-state index contributed by atoms with van der Waals surface area (Å²) in [5.74, 6) is 0.476. The number of benzene rings is 3. The van der Waals surface area contributed by atoms with Gasteiger partial charge in [-0.3, -0.25) is 4.79 Å². The minimum absolute atomic E-state index is 0.239. The molecule has 5 heteroatoms. The number of H-pyrrole nitrogens is 1. The van der Waals surface area contributed by atoms with Crippen LogP contribution in [0.1, 0.15) is 6.92 Å². The molecule has 5 rings (SSSR count). The third-order valence-electron chi connectivity index (χ3n) is 5.04. The first-order valence-electron chi connectivity index (χ1n) is 8.87. The van der Waals surface area contributed by atoms with Crippen LogP contribution in [-0.4, -0.2) is 14.5 Å². The summed E-state index contributed by atoms with van der Waals surface area (Å²) in [4.78, 5) is 20.2. The van der Waals surface area contributed by atoms with Crippen molar-refractivity contribution in [3.05, 3.63) is 77.0 Å². The van der Waals surface area contributed by atoms with Gasteiger partial charge in [-0.2, -0.15) is 0 Å². The van der Waals surface area contributed by atoms with E-state index in [4.69, 9.17) is 4.98 Å². The van der Waals surface area contributed by atoms with E-state index < -0.39 is 0 Å². The summed E-state index contributed by atoms with van der Waals surface area (Å²) < 4.78 is 16.1. The Labute approximate surface area is 153 Å². The number of nitrogens with one attached hydrogen (secondary N) is 1. The molecule has 0 fully saturated rings. The Bertz CT molecular complexity index is 1380. The number of nitrogens with zero attached hydrogens (tertiary/aromatic N) is 2. The summed E-state index contributed by atoms with van der Waals surface area (Å²) in [5.41, 5.74) is 2.45. The van der Waals surface area contributed by atoms with E-state index in [0.717, 1.165) is 33.2 Å². The number of rotatable bonds is 2. The van der Waals surface area contributed by atoms with E-state index >= 15 is 0 Å². The van der Waals surface area contributed by atoms with Crippen molar-refractivity contribution in [3.63, 3.8) is 0 Å². The smallest absolute Gasteiger partial charge is 0.256 e. The van der Waals surface area contributed by atoms with Gasteiger partial charge in [-0.1, -0.05) is 30.3 Å². The highest BCUT2D eigenvalue weighted by molar-refractivity contribution is 6.23. The van der Waals surface area contributed by atoms with E-state index in [9.17, 15) is 9.18 Å². The molecule has 5 aromatic rings. The normalized spacial score (nSPS) is 11.6. The average molecular weight is 357 g/mol. The highest BCUT2D eigenvalue weighted by Gasteiger charge is 2.19. The van der Waals surface area contributed by atoms with E-state index in [-0.39, 0.29) is 11.4 Å². The van der Waals surface area contributed by atoms with Gasteiger partial charge in [0.2, 0.25) is 0 Å². The molecular weight excluding hydrogens is 341 g/mol. The second kappa shape index (κ2) is 5.77. The predicted octanol–water partition coefficient (Wildman–Crippen LogP) is 4.86. The highest BCUT2D eigenvalue weighted by Crippen LogP contribution is 2.36. The Morgan fingerprint density at radius 2 is 1.85 bits per heavy atom. The first kappa shape index (κ1) is 15.8. The van der Waals surface area contributed by atoms with E-state index in [2.05, 4.69) is 16.5 Å². The lowest BCUT2D eigenvalue weighted by Gasteiger charge is -2.10. The van der Waals surface area contributed by atoms with Crippen LogP contribution in [0, 0.1) is 5.82 Å². The number of halogens is 1. The topological polar surface area (TPSA) is 50.7 Å². The maximum atomic E-state index is 14.0. The molecule has 0 amide bonds. The average Bonchev–Trinajstić information content (AvgIpc) is 3.08. The van der Waals surface area contributed by atoms with Crippen molar-refractivity contribution in [1.29, 1.82) is 0 Å². The number of hydrogen-bond donors (Lipinski definition) is 1. The van der Waals surface area contributed by atoms with Crippen molar-refractivity contribution >= 4 is 32.6 Å². The fraction of sp³-hybridized carbons (Fsp3) is 0.0909. The molecule has 3 aromatic carbocycles. The first-order valence-corrected chi connectivity index (χ1v) is 8.87. The van der Waals surface area contributed by atoms with E-state index in [0.29, 0.717) is 17.3 Å². The number of pyridine rings is 1. The minimum Gasteiger partial charge on any atom is -0.329 e. The number of fused-ring (bicyclic) bond motifs is 6. The van der Waals surface area contributed by atoms with Crippen LogP contribution < -0.4 is 5.56 Å². The second-order valence-electron chi connectivity index (χ2n) is 6.53. The van der Waals surface area contributed by atoms with Gasteiger partial charge in [-0.25, -0.2) is 9.37 Å².